The second-order valence-electron chi connectivity index (χ2n) is 8.14. The van der Waals surface area contributed by atoms with Crippen LogP contribution in [0.25, 0.3) is 16.7 Å². The minimum atomic E-state index is -4.69. The topological polar surface area (TPSA) is 84.9 Å². The van der Waals surface area contributed by atoms with Crippen LogP contribution in [0.15, 0.2) is 83.9 Å². The fraction of sp³-hybridized carbons (Fsp3) is 0.143. The summed E-state index contributed by atoms with van der Waals surface area (Å²) in [5.74, 6) is -0.689. The van der Waals surface area contributed by atoms with Crippen molar-refractivity contribution in [2.45, 2.75) is 19.7 Å². The smallest absolute Gasteiger partial charge is 0.432 e. The second kappa shape index (κ2) is 11.3. The molecule has 3 rings (SSSR count). The lowest BCUT2D eigenvalue weighted by Gasteiger charge is -2.19. The van der Waals surface area contributed by atoms with E-state index in [1.807, 2.05) is 0 Å². The van der Waals surface area contributed by atoms with Crippen LogP contribution in [-0.2, 0) is 6.61 Å². The van der Waals surface area contributed by atoms with Crippen LogP contribution >= 0.6 is 11.6 Å². The molecule has 0 aliphatic rings. The second-order valence-corrected chi connectivity index (χ2v) is 8.57. The Kier molecular flexibility index (Phi) is 8.45. The van der Waals surface area contributed by atoms with Crippen molar-refractivity contribution >= 4 is 28.8 Å². The van der Waals surface area contributed by atoms with Crippen LogP contribution in [-0.4, -0.2) is 29.9 Å². The van der Waals surface area contributed by atoms with Gasteiger partial charge in [0.25, 0.3) is 0 Å². The van der Waals surface area contributed by atoms with Crippen LogP contribution in [0.4, 0.5) is 13.2 Å². The number of nitrogens with two attached hydrogens (primary N) is 1. The standard InChI is InChI=1S/C28H24ClF3N2O3/c1-16(2)22(14-24(34-3)28(30,31)32)21-12-13-23(37-15-17-4-10-20(29)11-5-17)25(26(21)35)18-6-8-19(9-7-18)27(33)36/h4-14,35H,1,15H2,2-3H3,(H2,33,36)/b22-14+,34-24+. The van der Waals surface area contributed by atoms with Crippen molar-refractivity contribution in [3.05, 3.63) is 101 Å². The summed E-state index contributed by atoms with van der Waals surface area (Å²) in [5.41, 5.74) is 6.37. The van der Waals surface area contributed by atoms with Crippen molar-refractivity contribution in [3.8, 4) is 22.6 Å². The number of allylic oxidation sites excluding steroid dienone is 3. The summed E-state index contributed by atoms with van der Waals surface area (Å²) < 4.78 is 46.3. The number of rotatable bonds is 8. The van der Waals surface area contributed by atoms with E-state index in [0.717, 1.165) is 18.7 Å². The average Bonchev–Trinajstić information content (AvgIpc) is 2.84. The summed E-state index contributed by atoms with van der Waals surface area (Å²) in [5, 5.41) is 11.9. The molecule has 0 bridgehead atoms. The van der Waals surface area contributed by atoms with Crippen LogP contribution in [0, 0.1) is 0 Å². The summed E-state index contributed by atoms with van der Waals surface area (Å²) in [6.07, 6.45) is -3.86. The number of carbonyl (C=O) groups is 1. The van der Waals surface area contributed by atoms with Gasteiger partial charge in [0.1, 0.15) is 23.8 Å². The molecular weight excluding hydrogens is 505 g/mol. The van der Waals surface area contributed by atoms with Gasteiger partial charge < -0.3 is 15.6 Å². The molecule has 5 nitrogen and oxygen atoms in total. The zero-order chi connectivity index (χ0) is 27.3. The molecule has 0 saturated carbocycles. The number of amides is 1. The first-order valence-electron chi connectivity index (χ1n) is 11.0. The number of aromatic hydroxyl groups is 1. The maximum atomic E-state index is 13.4. The molecule has 3 N–H and O–H groups in total. The van der Waals surface area contributed by atoms with Crippen molar-refractivity contribution in [2.75, 3.05) is 7.05 Å². The van der Waals surface area contributed by atoms with Crippen LogP contribution < -0.4 is 10.5 Å². The highest BCUT2D eigenvalue weighted by atomic mass is 35.5. The van der Waals surface area contributed by atoms with E-state index in [0.29, 0.717) is 10.6 Å². The number of halogens is 4. The molecule has 3 aromatic carbocycles. The van der Waals surface area contributed by atoms with E-state index in [1.54, 1.807) is 42.5 Å². The zero-order valence-electron chi connectivity index (χ0n) is 20.1. The van der Waals surface area contributed by atoms with Gasteiger partial charge in [-0.05, 0) is 66.1 Å². The molecule has 0 atom stereocenters. The monoisotopic (exact) mass is 528 g/mol. The molecular formula is C28H24ClF3N2O3. The van der Waals surface area contributed by atoms with Gasteiger partial charge in [-0.1, -0.05) is 48.0 Å². The van der Waals surface area contributed by atoms with Crippen LogP contribution in [0.2, 0.25) is 5.02 Å². The Morgan fingerprint density at radius 1 is 1.11 bits per heavy atom. The minimum Gasteiger partial charge on any atom is -0.507 e. The summed E-state index contributed by atoms with van der Waals surface area (Å²) >= 11 is 5.94. The quantitative estimate of drug-likeness (QED) is 0.244. The molecule has 0 heterocycles. The third-order valence-electron chi connectivity index (χ3n) is 5.47. The van der Waals surface area contributed by atoms with Crippen molar-refractivity contribution in [2.24, 2.45) is 10.7 Å². The number of alkyl halides is 3. The molecule has 192 valence electrons. The average molecular weight is 529 g/mol. The summed E-state index contributed by atoms with van der Waals surface area (Å²) in [4.78, 5) is 14.9. The number of benzene rings is 3. The molecule has 0 radical (unpaired) electrons. The molecule has 1 amide bonds. The van der Waals surface area contributed by atoms with E-state index in [2.05, 4.69) is 11.6 Å². The van der Waals surface area contributed by atoms with E-state index in [-0.39, 0.29) is 45.9 Å². The minimum absolute atomic E-state index is 0.0506. The Balaban J connectivity index is 2.17. The fourth-order valence-corrected chi connectivity index (χ4v) is 3.70. The summed E-state index contributed by atoms with van der Waals surface area (Å²) in [7, 11) is 1.04. The molecule has 0 aromatic heterocycles. The number of ether oxygens (including phenoxy) is 1. The molecule has 0 fully saturated rings. The Labute approximate surface area is 217 Å². The fourth-order valence-electron chi connectivity index (χ4n) is 3.57. The predicted molar refractivity (Wildman–Crippen MR) is 140 cm³/mol. The zero-order valence-corrected chi connectivity index (χ0v) is 20.8. The first kappa shape index (κ1) is 27.5. The van der Waals surface area contributed by atoms with Gasteiger partial charge in [-0.25, -0.2) is 0 Å². The normalized spacial score (nSPS) is 12.4. The Morgan fingerprint density at radius 2 is 1.73 bits per heavy atom. The number of hydrogen-bond donors (Lipinski definition) is 2. The lowest BCUT2D eigenvalue weighted by Crippen LogP contribution is -2.21. The maximum Gasteiger partial charge on any atom is 0.432 e. The highest BCUT2D eigenvalue weighted by Crippen LogP contribution is 2.44. The largest absolute Gasteiger partial charge is 0.507 e. The molecule has 37 heavy (non-hydrogen) atoms. The van der Waals surface area contributed by atoms with E-state index < -0.39 is 17.8 Å². The Morgan fingerprint density at radius 3 is 2.24 bits per heavy atom. The summed E-state index contributed by atoms with van der Waals surface area (Å²) in [6, 6.07) is 16.1. The lowest BCUT2D eigenvalue weighted by molar-refractivity contribution is -0.0577. The molecule has 9 heteroatoms. The first-order valence-corrected chi connectivity index (χ1v) is 11.4. The first-order chi connectivity index (χ1) is 17.4. The van der Waals surface area contributed by atoms with Gasteiger partial charge in [-0.15, -0.1) is 0 Å². The molecule has 0 aliphatic carbocycles. The third-order valence-corrected chi connectivity index (χ3v) is 5.72. The van der Waals surface area contributed by atoms with E-state index in [9.17, 15) is 23.1 Å². The van der Waals surface area contributed by atoms with E-state index in [4.69, 9.17) is 22.1 Å². The van der Waals surface area contributed by atoms with Gasteiger partial charge in [0.15, 0.2) is 0 Å². The van der Waals surface area contributed by atoms with Gasteiger partial charge in [-0.3, -0.25) is 9.79 Å². The van der Waals surface area contributed by atoms with Gasteiger partial charge >= 0.3 is 6.18 Å². The number of carbonyl (C=O) groups excluding carboxylic acids is 1. The number of aliphatic imine (C=N–C) groups is 1. The number of phenols is 1. The highest BCUT2D eigenvalue weighted by molar-refractivity contribution is 6.30. The number of hydrogen-bond acceptors (Lipinski definition) is 4. The van der Waals surface area contributed by atoms with E-state index in [1.165, 1.54) is 25.1 Å². The van der Waals surface area contributed by atoms with Crippen LogP contribution in [0.1, 0.15) is 28.4 Å². The van der Waals surface area contributed by atoms with Gasteiger partial charge in [0, 0.05) is 23.2 Å². The molecule has 3 aromatic rings. The van der Waals surface area contributed by atoms with Gasteiger partial charge in [0.2, 0.25) is 5.91 Å². The van der Waals surface area contributed by atoms with Crippen molar-refractivity contribution in [3.63, 3.8) is 0 Å². The van der Waals surface area contributed by atoms with Crippen molar-refractivity contribution in [1.29, 1.82) is 0 Å². The molecule has 0 unspecified atom stereocenters. The van der Waals surface area contributed by atoms with Gasteiger partial charge in [0.05, 0.1) is 5.56 Å². The third kappa shape index (κ3) is 6.59. The summed E-state index contributed by atoms with van der Waals surface area (Å²) in [6.45, 7) is 5.45. The number of nitrogens with zero attached hydrogens (tertiary/aromatic N) is 1. The SMILES string of the molecule is C=C(C)/C(=C\C(=N/C)C(F)(F)F)c1ccc(OCc2ccc(Cl)cc2)c(-c2ccc(C(N)=O)cc2)c1O. The Hall–Kier alpha value is -4.04. The highest BCUT2D eigenvalue weighted by Gasteiger charge is 2.34. The van der Waals surface area contributed by atoms with E-state index >= 15 is 0 Å². The molecule has 0 spiro atoms. The van der Waals surface area contributed by atoms with Crippen LogP contribution in [0.5, 0.6) is 11.5 Å². The molecule has 0 aliphatic heterocycles. The van der Waals surface area contributed by atoms with Crippen molar-refractivity contribution < 1.29 is 27.8 Å². The lowest BCUT2D eigenvalue weighted by atomic mass is 9.92. The van der Waals surface area contributed by atoms with Crippen molar-refractivity contribution in [1.82, 2.24) is 0 Å². The Bertz CT molecular complexity index is 1380. The van der Waals surface area contributed by atoms with Crippen LogP contribution in [0.3, 0.4) is 0 Å². The maximum absolute atomic E-state index is 13.4. The molecule has 0 saturated heterocycles. The number of phenolic OH excluding ortho intramolecular Hbond substituents is 1. The number of primary amides is 1. The predicted octanol–water partition coefficient (Wildman–Crippen LogP) is 6.98. The van der Waals surface area contributed by atoms with Gasteiger partial charge in [-0.2, -0.15) is 13.2 Å².